The second kappa shape index (κ2) is 18.3. The lowest BCUT2D eigenvalue weighted by molar-refractivity contribution is 0.478. The minimum atomic E-state index is -0.190. The normalized spacial score (nSPS) is 11.4. The second-order valence-corrected chi connectivity index (χ2v) is 16.5. The Kier molecular flexibility index (Phi) is 11.6. The third-order valence-corrected chi connectivity index (χ3v) is 12.7. The highest BCUT2D eigenvalue weighted by Crippen LogP contribution is 2.41. The monoisotopic (exact) mass is 836 g/mol. The molecule has 0 aliphatic heterocycles. The Hall–Kier alpha value is -8.08. The molecule has 2 aromatic heterocycles. The van der Waals surface area contributed by atoms with Gasteiger partial charge in [0.2, 0.25) is 0 Å². The number of aromatic nitrogens is 4. The molecule has 0 N–H and O–H groups in total. The van der Waals surface area contributed by atoms with E-state index in [1.54, 1.807) is 0 Å². The van der Waals surface area contributed by atoms with E-state index < -0.39 is 0 Å². The van der Waals surface area contributed by atoms with E-state index >= 15 is 0 Å². The molecule has 0 bridgehead atoms. The largest absolute Gasteiger partial charge is 0.228 e. The summed E-state index contributed by atoms with van der Waals surface area (Å²) in [7, 11) is 0. The van der Waals surface area contributed by atoms with Crippen LogP contribution < -0.4 is 0 Å². The maximum absolute atomic E-state index is 5.16. The Morgan fingerprint density at radius 3 is 0.892 bits per heavy atom. The molecule has 0 amide bonds. The summed E-state index contributed by atoms with van der Waals surface area (Å²) in [6.07, 6.45) is 1.90. The average Bonchev–Trinajstić information content (AvgIpc) is 3.40. The smallest absolute Gasteiger partial charge is 0.160 e. The van der Waals surface area contributed by atoms with Crippen molar-refractivity contribution in [2.75, 3.05) is 0 Å². The fourth-order valence-electron chi connectivity index (χ4n) is 9.05. The van der Waals surface area contributed by atoms with Crippen LogP contribution in [-0.4, -0.2) is 19.9 Å². The van der Waals surface area contributed by atoms with Crippen molar-refractivity contribution in [3.63, 3.8) is 0 Å². The van der Waals surface area contributed by atoms with Gasteiger partial charge < -0.3 is 0 Å². The summed E-state index contributed by atoms with van der Waals surface area (Å²) in [6, 6.07) is 81.0. The number of rotatable bonds is 12. The van der Waals surface area contributed by atoms with Crippen LogP contribution in [0.3, 0.4) is 0 Å². The molecule has 0 saturated heterocycles. The van der Waals surface area contributed by atoms with Gasteiger partial charge in [0.05, 0.1) is 22.8 Å². The van der Waals surface area contributed by atoms with E-state index in [0.717, 1.165) is 80.1 Å². The Labute approximate surface area is 382 Å². The van der Waals surface area contributed by atoms with E-state index in [2.05, 4.69) is 196 Å². The Bertz CT molecular complexity index is 2970. The van der Waals surface area contributed by atoms with Gasteiger partial charge in [-0.3, -0.25) is 0 Å². The third-order valence-electron chi connectivity index (χ3n) is 12.7. The summed E-state index contributed by atoms with van der Waals surface area (Å²) in [5, 5.41) is 0. The lowest BCUT2D eigenvalue weighted by Crippen LogP contribution is -2.26. The molecule has 0 aliphatic carbocycles. The first-order valence-electron chi connectivity index (χ1n) is 22.5. The highest BCUT2D eigenvalue weighted by molar-refractivity contribution is 5.78. The Morgan fingerprint density at radius 2 is 0.554 bits per heavy atom. The van der Waals surface area contributed by atoms with Crippen molar-refractivity contribution < 1.29 is 0 Å². The maximum Gasteiger partial charge on any atom is 0.160 e. The van der Waals surface area contributed by atoms with Crippen molar-refractivity contribution in [1.29, 1.82) is 0 Å². The van der Waals surface area contributed by atoms with Gasteiger partial charge in [-0.05, 0) is 70.5 Å². The predicted octanol–water partition coefficient (Wildman–Crippen LogP) is 15.7. The van der Waals surface area contributed by atoms with Gasteiger partial charge in [-0.15, -0.1) is 0 Å². The van der Waals surface area contributed by atoms with Crippen LogP contribution >= 0.6 is 0 Å². The zero-order valence-corrected chi connectivity index (χ0v) is 36.6. The third kappa shape index (κ3) is 8.55. The van der Waals surface area contributed by atoms with Crippen molar-refractivity contribution in [3.05, 3.63) is 242 Å². The fraction of sp³-hybridized carbons (Fsp3) is 0.0820. The average molecular weight is 837 g/mol. The summed E-state index contributed by atoms with van der Waals surface area (Å²) >= 11 is 0. The molecule has 0 spiro atoms. The van der Waals surface area contributed by atoms with Gasteiger partial charge in [0, 0.05) is 38.8 Å². The minimum absolute atomic E-state index is 0.190. The second-order valence-electron chi connectivity index (χ2n) is 16.5. The maximum atomic E-state index is 5.16. The molecule has 8 aromatic carbocycles. The van der Waals surface area contributed by atoms with Gasteiger partial charge >= 0.3 is 0 Å². The zero-order chi connectivity index (χ0) is 44.0. The van der Waals surface area contributed by atoms with Crippen LogP contribution in [0.2, 0.25) is 0 Å². The molecule has 0 unspecified atom stereocenters. The summed E-state index contributed by atoms with van der Waals surface area (Å²) in [5.41, 5.74) is 16.7. The molecule has 0 saturated carbocycles. The molecule has 10 rings (SSSR count). The van der Waals surface area contributed by atoms with Crippen LogP contribution in [0.25, 0.3) is 90.1 Å². The first kappa shape index (κ1) is 41.0. The van der Waals surface area contributed by atoms with E-state index in [-0.39, 0.29) is 5.41 Å². The van der Waals surface area contributed by atoms with E-state index in [1.807, 2.05) is 48.5 Å². The van der Waals surface area contributed by atoms with Crippen LogP contribution in [-0.2, 0) is 5.41 Å². The van der Waals surface area contributed by atoms with Gasteiger partial charge in [0.15, 0.2) is 11.6 Å². The molecule has 2 heterocycles. The summed E-state index contributed by atoms with van der Waals surface area (Å²) < 4.78 is 0. The van der Waals surface area contributed by atoms with Crippen molar-refractivity contribution in [3.8, 4) is 90.1 Å². The molecule has 0 fully saturated rings. The first-order chi connectivity index (χ1) is 32.1. The van der Waals surface area contributed by atoms with Crippen LogP contribution in [0.4, 0.5) is 0 Å². The van der Waals surface area contributed by atoms with E-state index in [1.165, 1.54) is 22.3 Å². The van der Waals surface area contributed by atoms with Crippen molar-refractivity contribution >= 4 is 0 Å². The molecule has 10 aromatic rings. The van der Waals surface area contributed by atoms with Gasteiger partial charge in [-0.1, -0.05) is 220 Å². The summed E-state index contributed by atoms with van der Waals surface area (Å²) in [5.74, 6) is 1.41. The highest BCUT2D eigenvalue weighted by atomic mass is 14.9. The molecule has 4 heteroatoms. The van der Waals surface area contributed by atoms with Crippen LogP contribution in [0.5, 0.6) is 0 Å². The van der Waals surface area contributed by atoms with Gasteiger partial charge in [0.25, 0.3) is 0 Å². The number of nitrogens with zero attached hydrogens (tertiary/aromatic N) is 4. The fourth-order valence-corrected chi connectivity index (χ4v) is 9.05. The summed E-state index contributed by atoms with van der Waals surface area (Å²) in [4.78, 5) is 20.6. The quantitative estimate of drug-likeness (QED) is 0.123. The van der Waals surface area contributed by atoms with Crippen LogP contribution in [0.15, 0.2) is 231 Å². The molecule has 65 heavy (non-hydrogen) atoms. The molecular weight excluding hydrogens is 789 g/mol. The Balaban J connectivity index is 0.987. The van der Waals surface area contributed by atoms with Gasteiger partial charge in [-0.25, -0.2) is 19.9 Å². The van der Waals surface area contributed by atoms with Crippen molar-refractivity contribution in [1.82, 2.24) is 19.9 Å². The first-order valence-corrected chi connectivity index (χ1v) is 22.5. The predicted molar refractivity (Wildman–Crippen MR) is 269 cm³/mol. The van der Waals surface area contributed by atoms with Crippen LogP contribution in [0, 0.1) is 0 Å². The SMILES string of the molecule is CCC(CC)(c1ccc(-c2cc(-c3cccc(-c4ccccc4)c3)nc(-c3ccccc3)n2)cc1)c1ccc(-c2cc(-c3cccc(-c4ccccc4)c3)nc(-c3ccccc3)n2)cc1. The molecule has 0 aliphatic rings. The minimum Gasteiger partial charge on any atom is -0.228 e. The lowest BCUT2D eigenvalue weighted by Gasteiger charge is -2.33. The van der Waals surface area contributed by atoms with Crippen molar-refractivity contribution in [2.24, 2.45) is 0 Å². The lowest BCUT2D eigenvalue weighted by atomic mass is 9.70. The van der Waals surface area contributed by atoms with Gasteiger partial charge in [-0.2, -0.15) is 0 Å². The van der Waals surface area contributed by atoms with E-state index in [9.17, 15) is 0 Å². The number of hydrogen-bond acceptors (Lipinski definition) is 4. The molecule has 4 nitrogen and oxygen atoms in total. The van der Waals surface area contributed by atoms with E-state index in [4.69, 9.17) is 19.9 Å². The Morgan fingerprint density at radius 1 is 0.262 bits per heavy atom. The zero-order valence-electron chi connectivity index (χ0n) is 36.6. The van der Waals surface area contributed by atoms with Gasteiger partial charge in [0.1, 0.15) is 0 Å². The topological polar surface area (TPSA) is 51.6 Å². The van der Waals surface area contributed by atoms with Crippen molar-refractivity contribution in [2.45, 2.75) is 32.1 Å². The molecule has 312 valence electrons. The van der Waals surface area contributed by atoms with E-state index in [0.29, 0.717) is 11.6 Å². The summed E-state index contributed by atoms with van der Waals surface area (Å²) in [6.45, 7) is 4.59. The van der Waals surface area contributed by atoms with Crippen LogP contribution in [0.1, 0.15) is 37.8 Å². The molecule has 0 atom stereocenters. The highest BCUT2D eigenvalue weighted by Gasteiger charge is 2.31. The molecular formula is C61H48N4. The standard InChI is InChI=1S/C61H48N4/c1-3-61(4-2,53-35-31-45(32-36-53)55-41-57(64-59(62-55)47-23-13-7-14-24-47)51-29-17-27-49(39-51)43-19-9-5-10-20-43)54-37-33-46(34-38-54)56-42-58(65-60(63-56)48-25-15-8-16-26-48)52-30-18-28-50(40-52)44-21-11-6-12-22-44/h5-42H,3-4H2,1-2H3. The molecule has 0 radical (unpaired) electrons. The number of benzene rings is 8. The number of hydrogen-bond donors (Lipinski definition) is 0.